The number of halogens is 1. The molecule has 0 spiro atoms. The molecule has 0 atom stereocenters. The van der Waals surface area contributed by atoms with Gasteiger partial charge in [-0.3, -0.25) is 19.6 Å². The van der Waals surface area contributed by atoms with Crippen LogP contribution in [0.5, 0.6) is 5.75 Å². The maximum atomic E-state index is 12.3. The number of pyridine rings is 2. The lowest BCUT2D eigenvalue weighted by molar-refractivity contribution is -0.115. The van der Waals surface area contributed by atoms with E-state index in [4.69, 9.17) is 11.6 Å². The second-order valence-corrected chi connectivity index (χ2v) is 6.41. The first-order valence-electron chi connectivity index (χ1n) is 8.41. The molecule has 3 rings (SSSR count). The number of rotatable bonds is 6. The summed E-state index contributed by atoms with van der Waals surface area (Å²) in [6, 6.07) is 11.2. The number of nitrogens with one attached hydrogen (secondary N) is 2. The highest BCUT2D eigenvalue weighted by atomic mass is 35.5. The first-order valence-corrected chi connectivity index (χ1v) is 8.79. The third-order valence-corrected chi connectivity index (χ3v) is 4.08. The number of aromatic nitrogens is 2. The molecule has 0 aliphatic heterocycles. The number of nitrogens with zero attached hydrogens (tertiary/aromatic N) is 2. The van der Waals surface area contributed by atoms with Crippen molar-refractivity contribution in [1.82, 2.24) is 15.3 Å². The molecule has 2 aromatic heterocycles. The SMILES string of the molecule is O=C(Cc1cc(Cl)ccc1O)Nc1ccnc(C(=O)NCc2cccnc2)c1. The van der Waals surface area contributed by atoms with E-state index in [1.807, 2.05) is 6.07 Å². The van der Waals surface area contributed by atoms with E-state index in [2.05, 4.69) is 20.6 Å². The van der Waals surface area contributed by atoms with Gasteiger partial charge in [0.1, 0.15) is 11.4 Å². The van der Waals surface area contributed by atoms with E-state index >= 15 is 0 Å². The van der Waals surface area contributed by atoms with Gasteiger partial charge in [-0.1, -0.05) is 17.7 Å². The largest absolute Gasteiger partial charge is 0.508 e. The third kappa shape index (κ3) is 5.28. The van der Waals surface area contributed by atoms with Crippen LogP contribution in [0.3, 0.4) is 0 Å². The smallest absolute Gasteiger partial charge is 0.270 e. The summed E-state index contributed by atoms with van der Waals surface area (Å²) in [7, 11) is 0. The Morgan fingerprint density at radius 1 is 1.11 bits per heavy atom. The Labute approximate surface area is 166 Å². The van der Waals surface area contributed by atoms with Gasteiger partial charge in [-0.2, -0.15) is 0 Å². The number of phenols is 1. The van der Waals surface area contributed by atoms with Crippen LogP contribution in [0.2, 0.25) is 5.02 Å². The molecule has 8 heteroatoms. The van der Waals surface area contributed by atoms with Gasteiger partial charge in [0.25, 0.3) is 5.91 Å². The second kappa shape index (κ2) is 8.96. The minimum Gasteiger partial charge on any atom is -0.508 e. The first-order chi connectivity index (χ1) is 13.5. The average molecular weight is 397 g/mol. The zero-order chi connectivity index (χ0) is 19.9. The van der Waals surface area contributed by atoms with Gasteiger partial charge in [0.05, 0.1) is 6.42 Å². The van der Waals surface area contributed by atoms with Gasteiger partial charge in [-0.05, 0) is 42.0 Å². The van der Waals surface area contributed by atoms with Crippen molar-refractivity contribution in [2.45, 2.75) is 13.0 Å². The Balaban J connectivity index is 1.61. The minimum atomic E-state index is -0.368. The molecule has 0 saturated carbocycles. The number of carbonyl (C=O) groups excluding carboxylic acids is 2. The van der Waals surface area contributed by atoms with Gasteiger partial charge in [-0.25, -0.2) is 0 Å². The summed E-state index contributed by atoms with van der Waals surface area (Å²) in [5.74, 6) is -0.734. The van der Waals surface area contributed by atoms with Crippen LogP contribution < -0.4 is 10.6 Å². The molecule has 7 nitrogen and oxygen atoms in total. The molecule has 2 amide bonds. The van der Waals surface area contributed by atoms with E-state index in [1.54, 1.807) is 24.5 Å². The molecule has 142 valence electrons. The van der Waals surface area contributed by atoms with Gasteiger partial charge >= 0.3 is 0 Å². The standard InChI is InChI=1S/C20H17ClN4O3/c21-15-3-4-18(26)14(8-15)9-19(27)25-16-5-7-23-17(10-16)20(28)24-12-13-2-1-6-22-11-13/h1-8,10-11,26H,9,12H2,(H,24,28)(H,23,25,27). The lowest BCUT2D eigenvalue weighted by Crippen LogP contribution is -2.24. The Kier molecular flexibility index (Phi) is 6.18. The van der Waals surface area contributed by atoms with E-state index in [0.29, 0.717) is 22.8 Å². The number of anilines is 1. The highest BCUT2D eigenvalue weighted by molar-refractivity contribution is 6.30. The summed E-state index contributed by atoms with van der Waals surface area (Å²) in [5.41, 5.74) is 1.87. The molecule has 0 fully saturated rings. The van der Waals surface area contributed by atoms with E-state index in [9.17, 15) is 14.7 Å². The molecule has 3 N–H and O–H groups in total. The maximum absolute atomic E-state index is 12.3. The van der Waals surface area contributed by atoms with Gasteiger partial charge < -0.3 is 15.7 Å². The van der Waals surface area contributed by atoms with Crippen molar-refractivity contribution in [1.29, 1.82) is 0 Å². The maximum Gasteiger partial charge on any atom is 0.270 e. The number of benzene rings is 1. The highest BCUT2D eigenvalue weighted by Crippen LogP contribution is 2.22. The Morgan fingerprint density at radius 3 is 2.75 bits per heavy atom. The van der Waals surface area contributed by atoms with Crippen molar-refractivity contribution >= 4 is 29.1 Å². The topological polar surface area (TPSA) is 104 Å². The van der Waals surface area contributed by atoms with Crippen LogP contribution >= 0.6 is 11.6 Å². The summed E-state index contributed by atoms with van der Waals surface area (Å²) >= 11 is 5.89. The fourth-order valence-electron chi connectivity index (χ4n) is 2.48. The number of phenolic OH excluding ortho intramolecular Hbond substituents is 1. The van der Waals surface area contributed by atoms with E-state index in [0.717, 1.165) is 5.56 Å². The number of hydrogen-bond donors (Lipinski definition) is 3. The van der Waals surface area contributed by atoms with Gasteiger partial charge in [-0.15, -0.1) is 0 Å². The van der Waals surface area contributed by atoms with E-state index in [-0.39, 0.29) is 29.7 Å². The fraction of sp³-hybridized carbons (Fsp3) is 0.100. The Morgan fingerprint density at radius 2 is 1.96 bits per heavy atom. The normalized spacial score (nSPS) is 10.3. The molecule has 2 heterocycles. The predicted octanol–water partition coefficient (Wildman–Crippen LogP) is 2.95. The molecular weight excluding hydrogens is 380 g/mol. The monoisotopic (exact) mass is 396 g/mol. The number of aromatic hydroxyl groups is 1. The van der Waals surface area contributed by atoms with Crippen LogP contribution in [-0.4, -0.2) is 26.9 Å². The van der Waals surface area contributed by atoms with Crippen LogP contribution in [0.1, 0.15) is 21.6 Å². The number of carbonyl (C=O) groups is 2. The molecular formula is C20H17ClN4O3. The summed E-state index contributed by atoms with van der Waals surface area (Å²) in [4.78, 5) is 32.5. The van der Waals surface area contributed by atoms with E-state index in [1.165, 1.54) is 30.5 Å². The molecule has 1 aromatic carbocycles. The Bertz CT molecular complexity index is 996. The zero-order valence-electron chi connectivity index (χ0n) is 14.7. The van der Waals surface area contributed by atoms with Crippen LogP contribution in [0.4, 0.5) is 5.69 Å². The lowest BCUT2D eigenvalue weighted by atomic mass is 10.1. The molecule has 0 bridgehead atoms. The number of amides is 2. The van der Waals surface area contributed by atoms with Crippen LogP contribution in [-0.2, 0) is 17.8 Å². The quantitative estimate of drug-likeness (QED) is 0.594. The number of hydrogen-bond acceptors (Lipinski definition) is 5. The summed E-state index contributed by atoms with van der Waals surface area (Å²) in [5, 5.41) is 15.7. The average Bonchev–Trinajstić information content (AvgIpc) is 2.70. The molecule has 0 saturated heterocycles. The van der Waals surface area contributed by atoms with Gasteiger partial charge in [0, 0.05) is 41.4 Å². The van der Waals surface area contributed by atoms with Crippen molar-refractivity contribution in [2.24, 2.45) is 0 Å². The zero-order valence-corrected chi connectivity index (χ0v) is 15.5. The molecule has 0 aliphatic carbocycles. The second-order valence-electron chi connectivity index (χ2n) is 5.97. The molecule has 3 aromatic rings. The van der Waals surface area contributed by atoms with Crippen molar-refractivity contribution in [3.63, 3.8) is 0 Å². The summed E-state index contributed by atoms with van der Waals surface area (Å²) in [6.07, 6.45) is 4.69. The molecule has 0 radical (unpaired) electrons. The highest BCUT2D eigenvalue weighted by Gasteiger charge is 2.12. The predicted molar refractivity (Wildman–Crippen MR) is 105 cm³/mol. The van der Waals surface area contributed by atoms with Crippen molar-refractivity contribution in [2.75, 3.05) is 5.32 Å². The Hall–Kier alpha value is -3.45. The van der Waals surface area contributed by atoms with Crippen LogP contribution in [0.15, 0.2) is 61.1 Å². The van der Waals surface area contributed by atoms with Crippen LogP contribution in [0.25, 0.3) is 0 Å². The van der Waals surface area contributed by atoms with E-state index < -0.39 is 0 Å². The van der Waals surface area contributed by atoms with Crippen molar-refractivity contribution in [3.05, 3.63) is 82.9 Å². The summed E-state index contributed by atoms with van der Waals surface area (Å²) < 4.78 is 0. The van der Waals surface area contributed by atoms with Crippen molar-refractivity contribution < 1.29 is 14.7 Å². The lowest BCUT2D eigenvalue weighted by Gasteiger charge is -2.09. The third-order valence-electron chi connectivity index (χ3n) is 3.84. The van der Waals surface area contributed by atoms with Gasteiger partial charge in [0.2, 0.25) is 5.91 Å². The molecule has 28 heavy (non-hydrogen) atoms. The summed E-state index contributed by atoms with van der Waals surface area (Å²) in [6.45, 7) is 0.318. The fourth-order valence-corrected chi connectivity index (χ4v) is 2.68. The molecule has 0 unspecified atom stereocenters. The van der Waals surface area contributed by atoms with Crippen LogP contribution in [0, 0.1) is 0 Å². The minimum absolute atomic E-state index is 0.00949. The van der Waals surface area contributed by atoms with Crippen molar-refractivity contribution in [3.8, 4) is 5.75 Å². The molecule has 0 aliphatic rings. The van der Waals surface area contributed by atoms with Gasteiger partial charge in [0.15, 0.2) is 0 Å². The first kappa shape index (κ1) is 19.3.